The Kier molecular flexibility index (Phi) is 1.74. The van der Waals surface area contributed by atoms with Crippen LogP contribution in [-0.4, -0.2) is 9.97 Å². The third-order valence-corrected chi connectivity index (χ3v) is 2.02. The van der Waals surface area contributed by atoms with E-state index in [0.29, 0.717) is 0 Å². The summed E-state index contributed by atoms with van der Waals surface area (Å²) in [5.74, 6) is 0. The van der Waals surface area contributed by atoms with Crippen LogP contribution < -0.4 is 0 Å². The van der Waals surface area contributed by atoms with E-state index in [4.69, 9.17) is 0 Å². The lowest BCUT2D eigenvalue weighted by Crippen LogP contribution is -1.85. The summed E-state index contributed by atoms with van der Waals surface area (Å²) in [5, 5.41) is 1.10. The summed E-state index contributed by atoms with van der Waals surface area (Å²) in [6.45, 7) is 7.44. The maximum Gasteiger partial charge on any atom is 0.0884 e. The minimum Gasteiger partial charge on any atom is -0.365 e. The van der Waals surface area contributed by atoms with Crippen LogP contribution in [0.15, 0.2) is 31.6 Å². The molecule has 0 radical (unpaired) electrons. The molecule has 0 amide bonds. The Morgan fingerprint density at radius 2 is 2.08 bits per heavy atom. The molecule has 0 aromatic carbocycles. The molecule has 0 fully saturated rings. The summed E-state index contributed by atoms with van der Waals surface area (Å²) in [4.78, 5) is 7.41. The fraction of sp³-hybridized carbons (Fsp3) is 0. The predicted molar refractivity (Wildman–Crippen MR) is 56.3 cm³/mol. The molecule has 13 heavy (non-hydrogen) atoms. The van der Waals surface area contributed by atoms with Crippen LogP contribution in [0.5, 0.6) is 0 Å². The fourth-order valence-corrected chi connectivity index (χ4v) is 1.34. The molecule has 0 spiro atoms. The molecule has 0 bridgehead atoms. The largest absolute Gasteiger partial charge is 0.365 e. The second-order valence-electron chi connectivity index (χ2n) is 2.80. The zero-order chi connectivity index (χ0) is 9.26. The van der Waals surface area contributed by atoms with Crippen LogP contribution >= 0.6 is 0 Å². The summed E-state index contributed by atoms with van der Waals surface area (Å²) in [5.41, 5.74) is 2.85. The van der Waals surface area contributed by atoms with Crippen LogP contribution in [-0.2, 0) is 0 Å². The number of hydrogen-bond donors (Lipinski definition) is 1. The number of hydrogen-bond acceptors (Lipinski definition) is 1. The highest BCUT2D eigenvalue weighted by Crippen LogP contribution is 2.17. The summed E-state index contributed by atoms with van der Waals surface area (Å²) in [6, 6.07) is 2.04. The van der Waals surface area contributed by atoms with E-state index in [1.54, 1.807) is 12.2 Å². The number of nitrogens with zero attached hydrogens (tertiary/aromatic N) is 1. The highest BCUT2D eigenvalue weighted by Gasteiger charge is 2.01. The van der Waals surface area contributed by atoms with E-state index in [1.165, 1.54) is 0 Å². The van der Waals surface area contributed by atoms with E-state index in [1.807, 2.05) is 18.5 Å². The highest BCUT2D eigenvalue weighted by molar-refractivity contribution is 5.82. The molecule has 64 valence electrons. The molecule has 2 aromatic heterocycles. The van der Waals surface area contributed by atoms with Gasteiger partial charge in [0, 0.05) is 23.3 Å². The lowest BCUT2D eigenvalue weighted by Gasteiger charge is -1.99. The number of aromatic nitrogens is 2. The number of pyridine rings is 1. The molecule has 0 aliphatic rings. The smallest absolute Gasteiger partial charge is 0.0884 e. The summed E-state index contributed by atoms with van der Waals surface area (Å²) in [7, 11) is 0. The molecule has 0 atom stereocenters. The van der Waals surface area contributed by atoms with E-state index < -0.39 is 0 Å². The number of nitrogens with one attached hydrogen (secondary N) is 1. The Hall–Kier alpha value is -1.83. The SMILES string of the molecule is C=Cc1cc2c[nH]cc2nc1C=C. The topological polar surface area (TPSA) is 28.7 Å². The molecular weight excluding hydrogens is 160 g/mol. The molecule has 0 saturated heterocycles. The second kappa shape index (κ2) is 2.90. The van der Waals surface area contributed by atoms with Gasteiger partial charge in [-0.3, -0.25) is 0 Å². The number of rotatable bonds is 2. The van der Waals surface area contributed by atoms with Crippen LogP contribution in [0.2, 0.25) is 0 Å². The highest BCUT2D eigenvalue weighted by atomic mass is 14.8. The van der Waals surface area contributed by atoms with Crippen LogP contribution in [0.1, 0.15) is 11.3 Å². The molecule has 2 rings (SSSR count). The minimum atomic E-state index is 0.877. The van der Waals surface area contributed by atoms with Crippen molar-refractivity contribution in [3.8, 4) is 0 Å². The molecule has 0 aliphatic carbocycles. The van der Waals surface area contributed by atoms with Gasteiger partial charge < -0.3 is 4.98 Å². The van der Waals surface area contributed by atoms with Gasteiger partial charge in [0.2, 0.25) is 0 Å². The maximum absolute atomic E-state index is 4.40. The Bertz CT molecular complexity index is 424. The number of H-pyrrole nitrogens is 1. The van der Waals surface area contributed by atoms with Gasteiger partial charge in [-0.1, -0.05) is 19.2 Å². The van der Waals surface area contributed by atoms with Gasteiger partial charge in [0.1, 0.15) is 0 Å². The molecular formula is C11H10N2. The minimum absolute atomic E-state index is 0.877. The number of aromatic amines is 1. The lowest BCUT2D eigenvalue weighted by molar-refractivity contribution is 1.35. The summed E-state index contributed by atoms with van der Waals surface area (Å²) in [6.07, 6.45) is 7.32. The molecule has 0 saturated carbocycles. The first kappa shape index (κ1) is 7.80. The van der Waals surface area contributed by atoms with E-state index in [0.717, 1.165) is 22.2 Å². The van der Waals surface area contributed by atoms with E-state index in [-0.39, 0.29) is 0 Å². The van der Waals surface area contributed by atoms with Crippen LogP contribution in [0, 0.1) is 0 Å². The standard InChI is InChI=1S/C11H10N2/c1-3-8-5-9-6-12-7-11(9)13-10(8)4-2/h3-7,12H,1-2H2. The van der Waals surface area contributed by atoms with Crippen molar-refractivity contribution in [2.75, 3.05) is 0 Å². The monoisotopic (exact) mass is 170 g/mol. The van der Waals surface area contributed by atoms with Crippen molar-refractivity contribution in [2.45, 2.75) is 0 Å². The molecule has 0 unspecified atom stereocenters. The van der Waals surface area contributed by atoms with E-state index >= 15 is 0 Å². The lowest BCUT2D eigenvalue weighted by atomic mass is 10.1. The molecule has 1 N–H and O–H groups in total. The molecule has 2 heterocycles. The van der Waals surface area contributed by atoms with Gasteiger partial charge >= 0.3 is 0 Å². The second-order valence-corrected chi connectivity index (χ2v) is 2.80. The van der Waals surface area contributed by atoms with Crippen molar-refractivity contribution in [3.63, 3.8) is 0 Å². The van der Waals surface area contributed by atoms with Crippen molar-refractivity contribution in [3.05, 3.63) is 42.9 Å². The normalized spacial score (nSPS) is 10.2. The Balaban J connectivity index is 2.80. The molecule has 0 aliphatic heterocycles. The average molecular weight is 170 g/mol. The zero-order valence-corrected chi connectivity index (χ0v) is 7.25. The number of fused-ring (bicyclic) bond motifs is 1. The predicted octanol–water partition coefficient (Wildman–Crippen LogP) is 2.85. The zero-order valence-electron chi connectivity index (χ0n) is 7.25. The first-order chi connectivity index (χ1) is 6.35. The summed E-state index contributed by atoms with van der Waals surface area (Å²) >= 11 is 0. The van der Waals surface area contributed by atoms with Gasteiger partial charge in [-0.2, -0.15) is 0 Å². The van der Waals surface area contributed by atoms with Crippen LogP contribution in [0.4, 0.5) is 0 Å². The third-order valence-electron chi connectivity index (χ3n) is 2.02. The molecule has 2 heteroatoms. The van der Waals surface area contributed by atoms with Crippen molar-refractivity contribution in [1.29, 1.82) is 0 Å². The van der Waals surface area contributed by atoms with Gasteiger partial charge in [-0.05, 0) is 12.1 Å². The van der Waals surface area contributed by atoms with Crippen LogP contribution in [0.25, 0.3) is 23.1 Å². The fourth-order valence-electron chi connectivity index (χ4n) is 1.34. The van der Waals surface area contributed by atoms with Gasteiger partial charge in [0.15, 0.2) is 0 Å². The molecule has 2 nitrogen and oxygen atoms in total. The van der Waals surface area contributed by atoms with Crippen molar-refractivity contribution < 1.29 is 0 Å². The maximum atomic E-state index is 4.40. The van der Waals surface area contributed by atoms with Gasteiger partial charge in [0.25, 0.3) is 0 Å². The quantitative estimate of drug-likeness (QED) is 0.737. The van der Waals surface area contributed by atoms with Gasteiger partial charge in [0.05, 0.1) is 11.2 Å². The van der Waals surface area contributed by atoms with E-state index in [2.05, 4.69) is 23.1 Å². The van der Waals surface area contributed by atoms with E-state index in [9.17, 15) is 0 Å². The average Bonchev–Trinajstić information content (AvgIpc) is 2.62. The van der Waals surface area contributed by atoms with Crippen molar-refractivity contribution in [1.82, 2.24) is 9.97 Å². The third kappa shape index (κ3) is 1.16. The Morgan fingerprint density at radius 3 is 2.77 bits per heavy atom. The van der Waals surface area contributed by atoms with Crippen molar-refractivity contribution in [2.24, 2.45) is 0 Å². The van der Waals surface area contributed by atoms with Gasteiger partial charge in [-0.15, -0.1) is 0 Å². The summed E-state index contributed by atoms with van der Waals surface area (Å²) < 4.78 is 0. The van der Waals surface area contributed by atoms with Gasteiger partial charge in [-0.25, -0.2) is 4.98 Å². The first-order valence-corrected chi connectivity index (χ1v) is 4.07. The Morgan fingerprint density at radius 1 is 1.23 bits per heavy atom. The first-order valence-electron chi connectivity index (χ1n) is 4.07. The molecule has 2 aromatic rings. The van der Waals surface area contributed by atoms with Crippen LogP contribution in [0.3, 0.4) is 0 Å². The van der Waals surface area contributed by atoms with Crippen molar-refractivity contribution >= 4 is 23.1 Å². The Labute approximate surface area is 76.6 Å².